The van der Waals surface area contributed by atoms with Crippen LogP contribution in [0, 0.1) is 0 Å². The third kappa shape index (κ3) is 3.24. The highest BCUT2D eigenvalue weighted by atomic mass is 16.5. The fourth-order valence-corrected chi connectivity index (χ4v) is 3.91. The van der Waals surface area contributed by atoms with Crippen molar-refractivity contribution >= 4 is 5.91 Å². The van der Waals surface area contributed by atoms with Crippen LogP contribution in [0.1, 0.15) is 48.4 Å². The van der Waals surface area contributed by atoms with Crippen LogP contribution in [0.2, 0.25) is 0 Å². The van der Waals surface area contributed by atoms with Crippen molar-refractivity contribution < 1.29 is 14.3 Å². The number of ether oxygens (including phenoxy) is 2. The summed E-state index contributed by atoms with van der Waals surface area (Å²) < 4.78 is 10.8. The number of hydrogen-bond donors (Lipinski definition) is 1. The highest BCUT2D eigenvalue weighted by Gasteiger charge is 2.43. The second kappa shape index (κ2) is 7.62. The van der Waals surface area contributed by atoms with Crippen LogP contribution in [-0.2, 0) is 0 Å². The Hall–Kier alpha value is -3.28. The molecule has 0 spiro atoms. The molecule has 0 saturated heterocycles. The predicted octanol–water partition coefficient (Wildman–Crippen LogP) is 4.44. The maximum absolute atomic E-state index is 13.1. The molecule has 1 aromatic heterocycles. The molecular formula is C23H25N3O3. The van der Waals surface area contributed by atoms with Gasteiger partial charge >= 0.3 is 0 Å². The number of fused-ring (bicyclic) bond motifs is 1. The van der Waals surface area contributed by atoms with Crippen LogP contribution in [0.3, 0.4) is 0 Å². The third-order valence-electron chi connectivity index (χ3n) is 5.23. The van der Waals surface area contributed by atoms with E-state index in [0.717, 1.165) is 33.9 Å². The number of aromatic nitrogens is 2. The summed E-state index contributed by atoms with van der Waals surface area (Å²) in [6.07, 6.45) is 0. The van der Waals surface area contributed by atoms with Crippen molar-refractivity contribution in [1.29, 1.82) is 0 Å². The second-order valence-electron chi connectivity index (χ2n) is 7.30. The summed E-state index contributed by atoms with van der Waals surface area (Å²) >= 11 is 0. The molecule has 6 nitrogen and oxygen atoms in total. The smallest absolute Gasteiger partial charge is 0.273 e. The minimum atomic E-state index is -0.205. The van der Waals surface area contributed by atoms with E-state index >= 15 is 0 Å². The average molecular weight is 391 g/mol. The number of nitrogens with one attached hydrogen (secondary N) is 1. The molecule has 1 unspecified atom stereocenters. The maximum atomic E-state index is 13.1. The van der Waals surface area contributed by atoms with Crippen LogP contribution in [0.4, 0.5) is 0 Å². The number of H-pyrrole nitrogens is 1. The van der Waals surface area contributed by atoms with Gasteiger partial charge < -0.3 is 14.4 Å². The van der Waals surface area contributed by atoms with E-state index < -0.39 is 0 Å². The Morgan fingerprint density at radius 3 is 2.31 bits per heavy atom. The van der Waals surface area contributed by atoms with Gasteiger partial charge in [0.15, 0.2) is 0 Å². The lowest BCUT2D eigenvalue weighted by Crippen LogP contribution is -2.35. The van der Waals surface area contributed by atoms with Gasteiger partial charge in [-0.15, -0.1) is 0 Å². The third-order valence-corrected chi connectivity index (χ3v) is 5.23. The van der Waals surface area contributed by atoms with Gasteiger partial charge in [-0.3, -0.25) is 9.89 Å². The van der Waals surface area contributed by atoms with Crippen molar-refractivity contribution in [2.24, 2.45) is 0 Å². The van der Waals surface area contributed by atoms with E-state index in [1.807, 2.05) is 74.2 Å². The van der Waals surface area contributed by atoms with Crippen molar-refractivity contribution in [3.63, 3.8) is 0 Å². The van der Waals surface area contributed by atoms with Gasteiger partial charge in [0.05, 0.1) is 25.5 Å². The van der Waals surface area contributed by atoms with Gasteiger partial charge in [-0.25, -0.2) is 0 Å². The largest absolute Gasteiger partial charge is 0.497 e. The zero-order valence-electron chi connectivity index (χ0n) is 17.1. The van der Waals surface area contributed by atoms with Crippen LogP contribution in [0.25, 0.3) is 11.3 Å². The van der Waals surface area contributed by atoms with Crippen molar-refractivity contribution in [3.05, 3.63) is 65.4 Å². The molecule has 3 aromatic rings. The van der Waals surface area contributed by atoms with Crippen LogP contribution in [-0.4, -0.2) is 40.8 Å². The minimum absolute atomic E-state index is 0.0267. The summed E-state index contributed by atoms with van der Waals surface area (Å²) in [4.78, 5) is 15.1. The summed E-state index contributed by atoms with van der Waals surface area (Å²) in [5.74, 6) is 1.57. The molecule has 1 N–H and O–H groups in total. The molecule has 1 aliphatic rings. The lowest BCUT2D eigenvalue weighted by Gasteiger charge is -2.30. The van der Waals surface area contributed by atoms with E-state index in [4.69, 9.17) is 9.47 Å². The lowest BCUT2D eigenvalue weighted by molar-refractivity contribution is 0.0688. The molecule has 29 heavy (non-hydrogen) atoms. The van der Waals surface area contributed by atoms with Gasteiger partial charge in [0, 0.05) is 17.2 Å². The van der Waals surface area contributed by atoms with Gasteiger partial charge in [-0.05, 0) is 62.7 Å². The number of nitrogens with zero attached hydrogens (tertiary/aromatic N) is 2. The van der Waals surface area contributed by atoms with E-state index in [1.165, 1.54) is 0 Å². The predicted molar refractivity (Wildman–Crippen MR) is 111 cm³/mol. The van der Waals surface area contributed by atoms with E-state index in [2.05, 4.69) is 10.2 Å². The number of aromatic amines is 1. The first-order valence-corrected chi connectivity index (χ1v) is 9.83. The molecule has 0 saturated carbocycles. The van der Waals surface area contributed by atoms with Crippen LogP contribution in [0.5, 0.6) is 11.5 Å². The van der Waals surface area contributed by atoms with Gasteiger partial charge in [0.2, 0.25) is 0 Å². The Balaban J connectivity index is 1.82. The molecule has 2 heterocycles. The lowest BCUT2D eigenvalue weighted by atomic mass is 9.95. The average Bonchev–Trinajstić information content (AvgIpc) is 3.28. The standard InChI is InChI=1S/C23H25N3O3/c1-5-29-18-12-8-16(9-13-18)22-19-20(15-6-10-17(28-4)11-7-15)24-25-21(19)23(27)26(22)14(2)3/h6-14,22H,5H2,1-4H3,(H,24,25). The summed E-state index contributed by atoms with van der Waals surface area (Å²) in [7, 11) is 1.64. The maximum Gasteiger partial charge on any atom is 0.273 e. The van der Waals surface area contributed by atoms with Gasteiger partial charge in [-0.2, -0.15) is 5.10 Å². The Labute approximate surface area is 170 Å². The summed E-state index contributed by atoms with van der Waals surface area (Å²) in [6, 6.07) is 15.5. The molecule has 0 radical (unpaired) electrons. The Morgan fingerprint density at radius 1 is 1.07 bits per heavy atom. The van der Waals surface area contributed by atoms with Gasteiger partial charge in [0.25, 0.3) is 5.91 Å². The Kier molecular flexibility index (Phi) is 5.01. The number of carbonyl (C=O) groups excluding carboxylic acids is 1. The van der Waals surface area contributed by atoms with Crippen molar-refractivity contribution in [3.8, 4) is 22.8 Å². The summed E-state index contributed by atoms with van der Waals surface area (Å²) in [5.41, 5.74) is 4.24. The molecular weight excluding hydrogens is 366 g/mol. The van der Waals surface area contributed by atoms with Crippen LogP contribution >= 0.6 is 0 Å². The molecule has 1 aliphatic heterocycles. The molecule has 4 rings (SSSR count). The molecule has 0 aliphatic carbocycles. The number of carbonyl (C=O) groups is 1. The summed E-state index contributed by atoms with van der Waals surface area (Å²) in [5, 5.41) is 7.47. The SMILES string of the molecule is CCOc1ccc(C2c3c(-c4ccc(OC)cc4)n[nH]c3C(=O)N2C(C)C)cc1. The molecule has 2 aromatic carbocycles. The quantitative estimate of drug-likeness (QED) is 0.675. The first-order valence-electron chi connectivity index (χ1n) is 9.83. The van der Waals surface area contributed by atoms with E-state index in [9.17, 15) is 4.79 Å². The zero-order chi connectivity index (χ0) is 20.5. The van der Waals surface area contributed by atoms with E-state index in [0.29, 0.717) is 12.3 Å². The van der Waals surface area contributed by atoms with Crippen LogP contribution < -0.4 is 9.47 Å². The highest BCUT2D eigenvalue weighted by molar-refractivity contribution is 6.00. The van der Waals surface area contributed by atoms with Crippen LogP contribution in [0.15, 0.2) is 48.5 Å². The Morgan fingerprint density at radius 2 is 1.72 bits per heavy atom. The zero-order valence-corrected chi connectivity index (χ0v) is 17.1. The molecule has 6 heteroatoms. The second-order valence-corrected chi connectivity index (χ2v) is 7.30. The van der Waals surface area contributed by atoms with E-state index in [1.54, 1.807) is 7.11 Å². The highest BCUT2D eigenvalue weighted by Crippen LogP contribution is 2.44. The normalized spacial score (nSPS) is 15.7. The van der Waals surface area contributed by atoms with Crippen molar-refractivity contribution in [1.82, 2.24) is 15.1 Å². The molecule has 1 amide bonds. The topological polar surface area (TPSA) is 67.5 Å². The van der Waals surface area contributed by atoms with Crippen molar-refractivity contribution in [2.45, 2.75) is 32.9 Å². The van der Waals surface area contributed by atoms with Crippen molar-refractivity contribution in [2.75, 3.05) is 13.7 Å². The first-order chi connectivity index (χ1) is 14.0. The monoisotopic (exact) mass is 391 g/mol. The number of benzene rings is 2. The molecule has 0 fully saturated rings. The summed E-state index contributed by atoms with van der Waals surface area (Å²) in [6.45, 7) is 6.65. The fourth-order valence-electron chi connectivity index (χ4n) is 3.91. The number of hydrogen-bond acceptors (Lipinski definition) is 4. The fraction of sp³-hybridized carbons (Fsp3) is 0.304. The van der Waals surface area contributed by atoms with Gasteiger partial charge in [0.1, 0.15) is 17.2 Å². The Bertz CT molecular complexity index is 1010. The van der Waals surface area contributed by atoms with Gasteiger partial charge in [-0.1, -0.05) is 12.1 Å². The first kappa shape index (κ1) is 19.1. The number of methoxy groups -OCH3 is 1. The number of rotatable bonds is 6. The molecule has 0 bridgehead atoms. The number of amides is 1. The molecule has 1 atom stereocenters. The van der Waals surface area contributed by atoms with E-state index in [-0.39, 0.29) is 18.0 Å². The minimum Gasteiger partial charge on any atom is -0.497 e. The molecule has 150 valence electrons.